The fourth-order valence-corrected chi connectivity index (χ4v) is 3.54. The molecule has 2 heterocycles. The smallest absolute Gasteiger partial charge is 0.192 e. The Morgan fingerprint density at radius 3 is 2.78 bits per heavy atom. The Bertz CT molecular complexity index is 837. The van der Waals surface area contributed by atoms with Crippen molar-refractivity contribution in [3.63, 3.8) is 0 Å². The third-order valence-corrected chi connectivity index (χ3v) is 4.88. The SMILES string of the molecule is Cn1ccnc1CSc1nnc(-c2ccccc2F)n1C1CC1. The minimum Gasteiger partial charge on any atom is -0.337 e. The maximum atomic E-state index is 14.1. The first-order chi connectivity index (χ1) is 11.2. The standard InChI is InChI=1S/C16H16FN5S/c1-21-9-8-18-14(21)10-23-16-20-19-15(22(16)11-6-7-11)12-4-2-3-5-13(12)17/h2-5,8-9,11H,6-7,10H2,1H3. The van der Waals surface area contributed by atoms with E-state index < -0.39 is 0 Å². The van der Waals surface area contributed by atoms with E-state index >= 15 is 0 Å². The van der Waals surface area contributed by atoms with Gasteiger partial charge in [-0.3, -0.25) is 4.57 Å². The average Bonchev–Trinajstić information content (AvgIpc) is 3.18. The molecule has 118 valence electrons. The van der Waals surface area contributed by atoms with Crippen molar-refractivity contribution in [1.82, 2.24) is 24.3 Å². The van der Waals surface area contributed by atoms with E-state index in [1.807, 2.05) is 23.9 Å². The Balaban J connectivity index is 1.66. The third-order valence-electron chi connectivity index (χ3n) is 3.94. The molecule has 23 heavy (non-hydrogen) atoms. The Morgan fingerprint density at radius 1 is 1.26 bits per heavy atom. The van der Waals surface area contributed by atoms with Gasteiger partial charge in [-0.2, -0.15) is 0 Å². The van der Waals surface area contributed by atoms with Crippen LogP contribution in [-0.4, -0.2) is 24.3 Å². The molecule has 2 aromatic heterocycles. The maximum absolute atomic E-state index is 14.1. The lowest BCUT2D eigenvalue weighted by Gasteiger charge is -2.09. The highest BCUT2D eigenvalue weighted by atomic mass is 32.2. The second-order valence-corrected chi connectivity index (χ2v) is 6.57. The van der Waals surface area contributed by atoms with Gasteiger partial charge in [-0.25, -0.2) is 9.37 Å². The topological polar surface area (TPSA) is 48.5 Å². The van der Waals surface area contributed by atoms with Gasteiger partial charge in [0.15, 0.2) is 11.0 Å². The number of imidazole rings is 1. The average molecular weight is 329 g/mol. The number of nitrogens with zero attached hydrogens (tertiary/aromatic N) is 5. The van der Waals surface area contributed by atoms with Gasteiger partial charge in [0.2, 0.25) is 0 Å². The van der Waals surface area contributed by atoms with Crippen LogP contribution in [0.1, 0.15) is 24.7 Å². The Kier molecular flexibility index (Phi) is 3.65. The maximum Gasteiger partial charge on any atom is 0.192 e. The number of benzene rings is 1. The van der Waals surface area contributed by atoms with Crippen LogP contribution < -0.4 is 0 Å². The Labute approximate surface area is 137 Å². The summed E-state index contributed by atoms with van der Waals surface area (Å²) < 4.78 is 18.2. The summed E-state index contributed by atoms with van der Waals surface area (Å²) in [6.45, 7) is 0. The van der Waals surface area contributed by atoms with Crippen molar-refractivity contribution in [2.75, 3.05) is 0 Å². The Morgan fingerprint density at radius 2 is 2.09 bits per heavy atom. The monoisotopic (exact) mass is 329 g/mol. The molecular weight excluding hydrogens is 313 g/mol. The molecule has 0 bridgehead atoms. The highest BCUT2D eigenvalue weighted by Gasteiger charge is 2.31. The molecule has 1 fully saturated rings. The van der Waals surface area contributed by atoms with Crippen LogP contribution in [0.3, 0.4) is 0 Å². The van der Waals surface area contributed by atoms with Crippen molar-refractivity contribution >= 4 is 11.8 Å². The fraction of sp³-hybridized carbons (Fsp3) is 0.312. The first-order valence-corrected chi connectivity index (χ1v) is 8.51. The zero-order chi connectivity index (χ0) is 15.8. The second kappa shape index (κ2) is 5.81. The van der Waals surface area contributed by atoms with Crippen LogP contribution in [0.2, 0.25) is 0 Å². The largest absolute Gasteiger partial charge is 0.337 e. The summed E-state index contributed by atoms with van der Waals surface area (Å²) in [6.07, 6.45) is 5.89. The highest BCUT2D eigenvalue weighted by Crippen LogP contribution is 2.41. The van der Waals surface area contributed by atoms with E-state index in [2.05, 4.69) is 19.7 Å². The predicted molar refractivity (Wildman–Crippen MR) is 86.5 cm³/mol. The summed E-state index contributed by atoms with van der Waals surface area (Å²) in [4.78, 5) is 4.32. The molecule has 0 atom stereocenters. The van der Waals surface area contributed by atoms with E-state index in [-0.39, 0.29) is 5.82 Å². The van der Waals surface area contributed by atoms with Gasteiger partial charge in [0.1, 0.15) is 11.6 Å². The van der Waals surface area contributed by atoms with Crippen molar-refractivity contribution in [1.29, 1.82) is 0 Å². The number of aromatic nitrogens is 5. The van der Waals surface area contributed by atoms with Crippen molar-refractivity contribution in [3.05, 3.63) is 48.3 Å². The van der Waals surface area contributed by atoms with E-state index in [1.54, 1.807) is 30.1 Å². The lowest BCUT2D eigenvalue weighted by Crippen LogP contribution is -2.02. The number of aryl methyl sites for hydroxylation is 1. The molecular formula is C16H16FN5S. The summed E-state index contributed by atoms with van der Waals surface area (Å²) in [5.74, 6) is 2.05. The summed E-state index contributed by atoms with van der Waals surface area (Å²) >= 11 is 1.59. The lowest BCUT2D eigenvalue weighted by atomic mass is 10.2. The van der Waals surface area contributed by atoms with Gasteiger partial charge in [-0.15, -0.1) is 10.2 Å². The summed E-state index contributed by atoms with van der Waals surface area (Å²) in [6, 6.07) is 7.11. The number of hydrogen-bond donors (Lipinski definition) is 0. The minimum atomic E-state index is -0.262. The van der Waals surface area contributed by atoms with Crippen LogP contribution in [0, 0.1) is 5.82 Å². The normalized spacial score (nSPS) is 14.3. The van der Waals surface area contributed by atoms with Gasteiger partial charge in [0.05, 0.1) is 11.3 Å². The van der Waals surface area contributed by atoms with Crippen molar-refractivity contribution in [2.24, 2.45) is 7.05 Å². The number of thioether (sulfide) groups is 1. The zero-order valence-corrected chi connectivity index (χ0v) is 13.5. The molecule has 0 unspecified atom stereocenters. The summed E-state index contributed by atoms with van der Waals surface area (Å²) in [5, 5.41) is 9.38. The van der Waals surface area contributed by atoms with Crippen LogP contribution in [0.25, 0.3) is 11.4 Å². The summed E-state index contributed by atoms with van der Waals surface area (Å²) in [5.41, 5.74) is 0.510. The van der Waals surface area contributed by atoms with Gasteiger partial charge in [0, 0.05) is 25.5 Å². The van der Waals surface area contributed by atoms with Crippen LogP contribution in [-0.2, 0) is 12.8 Å². The predicted octanol–water partition coefficient (Wildman–Crippen LogP) is 3.44. The number of hydrogen-bond acceptors (Lipinski definition) is 4. The van der Waals surface area contributed by atoms with Crippen molar-refractivity contribution < 1.29 is 4.39 Å². The fourth-order valence-electron chi connectivity index (χ4n) is 2.53. The molecule has 0 spiro atoms. The van der Waals surface area contributed by atoms with Crippen molar-refractivity contribution in [3.8, 4) is 11.4 Å². The van der Waals surface area contributed by atoms with Gasteiger partial charge in [0.25, 0.3) is 0 Å². The van der Waals surface area contributed by atoms with Crippen molar-refractivity contribution in [2.45, 2.75) is 29.8 Å². The summed E-state index contributed by atoms with van der Waals surface area (Å²) in [7, 11) is 1.97. The highest BCUT2D eigenvalue weighted by molar-refractivity contribution is 7.98. The third kappa shape index (κ3) is 2.76. The van der Waals surface area contributed by atoms with E-state index in [9.17, 15) is 4.39 Å². The van der Waals surface area contributed by atoms with Gasteiger partial charge in [-0.1, -0.05) is 23.9 Å². The lowest BCUT2D eigenvalue weighted by molar-refractivity contribution is 0.622. The number of halogens is 1. The van der Waals surface area contributed by atoms with E-state index in [0.717, 1.165) is 23.8 Å². The molecule has 0 amide bonds. The molecule has 1 aliphatic rings. The Hall–Kier alpha value is -2.15. The van der Waals surface area contributed by atoms with Gasteiger partial charge in [-0.05, 0) is 25.0 Å². The molecule has 0 N–H and O–H groups in total. The zero-order valence-electron chi connectivity index (χ0n) is 12.7. The molecule has 1 aromatic carbocycles. The quantitative estimate of drug-likeness (QED) is 0.673. The molecule has 1 saturated carbocycles. The molecule has 0 radical (unpaired) electrons. The van der Waals surface area contributed by atoms with Crippen LogP contribution >= 0.6 is 11.8 Å². The first kappa shape index (κ1) is 14.4. The van der Waals surface area contributed by atoms with Crippen LogP contribution in [0.15, 0.2) is 41.8 Å². The molecule has 5 nitrogen and oxygen atoms in total. The van der Waals surface area contributed by atoms with Gasteiger partial charge >= 0.3 is 0 Å². The van der Waals surface area contributed by atoms with Gasteiger partial charge < -0.3 is 4.57 Å². The van der Waals surface area contributed by atoms with E-state index in [0.29, 0.717) is 23.2 Å². The molecule has 7 heteroatoms. The van der Waals surface area contributed by atoms with Crippen LogP contribution in [0.5, 0.6) is 0 Å². The number of rotatable bonds is 5. The molecule has 1 aliphatic carbocycles. The van der Waals surface area contributed by atoms with E-state index in [1.165, 1.54) is 6.07 Å². The molecule has 4 rings (SSSR count). The minimum absolute atomic E-state index is 0.262. The van der Waals surface area contributed by atoms with Crippen LogP contribution in [0.4, 0.5) is 4.39 Å². The molecule has 3 aromatic rings. The molecule has 0 aliphatic heterocycles. The first-order valence-electron chi connectivity index (χ1n) is 7.53. The second-order valence-electron chi connectivity index (χ2n) is 5.63. The molecule has 0 saturated heterocycles. The van der Waals surface area contributed by atoms with E-state index in [4.69, 9.17) is 0 Å².